The average Bonchev–Trinajstić information content (AvgIpc) is 2.68. The van der Waals surface area contributed by atoms with Gasteiger partial charge >= 0.3 is 0 Å². The molecule has 3 rings (SSSR count). The number of rotatable bonds is 6. The second-order valence-electron chi connectivity index (χ2n) is 6.05. The molecule has 3 aromatic rings. The van der Waals surface area contributed by atoms with E-state index in [1.165, 1.54) is 31.2 Å². The summed E-state index contributed by atoms with van der Waals surface area (Å²) in [5, 5.41) is 11.1. The number of carbonyl (C=O) groups is 1. The number of nitrogens with zero attached hydrogens (tertiary/aromatic N) is 1. The highest BCUT2D eigenvalue weighted by atomic mass is 32.2. The number of sulfonamides is 1. The Morgan fingerprint density at radius 3 is 2.29 bits per heavy atom. The molecule has 0 atom stereocenters. The Morgan fingerprint density at radius 1 is 0.964 bits per heavy atom. The van der Waals surface area contributed by atoms with Crippen molar-refractivity contribution in [2.75, 3.05) is 4.72 Å². The molecule has 1 N–H and O–H groups in total. The first-order chi connectivity index (χ1) is 13.3. The Morgan fingerprint density at radius 2 is 1.61 bits per heavy atom. The van der Waals surface area contributed by atoms with Crippen molar-refractivity contribution in [3.8, 4) is 0 Å². The van der Waals surface area contributed by atoms with Gasteiger partial charge in [0.1, 0.15) is 0 Å². The zero-order valence-electron chi connectivity index (χ0n) is 14.8. The number of ketones is 1. The molecule has 0 spiro atoms. The number of hydrogen-bond acceptors (Lipinski definition) is 5. The fourth-order valence-electron chi connectivity index (χ4n) is 2.67. The van der Waals surface area contributed by atoms with Crippen LogP contribution in [0.4, 0.5) is 11.4 Å². The van der Waals surface area contributed by atoms with Crippen molar-refractivity contribution in [1.82, 2.24) is 0 Å². The molecule has 142 valence electrons. The number of aryl methyl sites for hydroxylation is 1. The van der Waals surface area contributed by atoms with E-state index in [2.05, 4.69) is 4.72 Å². The Hall–Kier alpha value is -3.52. The lowest BCUT2D eigenvalue weighted by Crippen LogP contribution is -2.16. The maximum absolute atomic E-state index is 12.8. The van der Waals surface area contributed by atoms with Crippen molar-refractivity contribution >= 4 is 27.2 Å². The van der Waals surface area contributed by atoms with E-state index in [0.717, 1.165) is 6.07 Å². The van der Waals surface area contributed by atoms with Crippen molar-refractivity contribution in [2.45, 2.75) is 11.8 Å². The van der Waals surface area contributed by atoms with Gasteiger partial charge in [0.2, 0.25) is 0 Å². The number of nitrogens with one attached hydrogen (secondary N) is 1. The molecule has 0 bridgehead atoms. The molecule has 28 heavy (non-hydrogen) atoms. The molecule has 7 nitrogen and oxygen atoms in total. The molecule has 3 aromatic carbocycles. The summed E-state index contributed by atoms with van der Waals surface area (Å²) in [6.45, 7) is 1.52. The number of carbonyl (C=O) groups excluding carboxylic acids is 1. The molecular weight excluding hydrogens is 380 g/mol. The third-order valence-corrected chi connectivity index (χ3v) is 5.50. The summed E-state index contributed by atoms with van der Waals surface area (Å²) in [4.78, 5) is 23.0. The molecule has 0 aliphatic rings. The van der Waals surface area contributed by atoms with Crippen LogP contribution < -0.4 is 4.72 Å². The van der Waals surface area contributed by atoms with Crippen LogP contribution in [0.15, 0.2) is 77.7 Å². The number of para-hydroxylation sites is 1. The topological polar surface area (TPSA) is 106 Å². The fourth-order valence-corrected chi connectivity index (χ4v) is 3.77. The van der Waals surface area contributed by atoms with Gasteiger partial charge in [0.25, 0.3) is 15.7 Å². The summed E-state index contributed by atoms with van der Waals surface area (Å²) >= 11 is 0. The minimum Gasteiger partial charge on any atom is -0.289 e. The fraction of sp³-hybridized carbons (Fsp3) is 0.0500. The summed E-state index contributed by atoms with van der Waals surface area (Å²) < 4.78 is 27.9. The highest BCUT2D eigenvalue weighted by Crippen LogP contribution is 2.26. The van der Waals surface area contributed by atoms with Crippen molar-refractivity contribution in [3.05, 3.63) is 99.6 Å². The van der Waals surface area contributed by atoms with Crippen LogP contribution >= 0.6 is 0 Å². The van der Waals surface area contributed by atoms with Crippen LogP contribution in [-0.4, -0.2) is 19.1 Å². The number of nitro groups is 1. The molecule has 0 unspecified atom stereocenters. The second kappa shape index (κ2) is 7.61. The lowest BCUT2D eigenvalue weighted by Gasteiger charge is -2.12. The van der Waals surface area contributed by atoms with E-state index < -0.39 is 14.9 Å². The van der Waals surface area contributed by atoms with Crippen molar-refractivity contribution in [1.29, 1.82) is 0 Å². The normalized spacial score (nSPS) is 11.0. The van der Waals surface area contributed by atoms with E-state index in [0.29, 0.717) is 11.1 Å². The van der Waals surface area contributed by atoms with Gasteiger partial charge in [0, 0.05) is 22.8 Å². The van der Waals surface area contributed by atoms with E-state index in [1.54, 1.807) is 42.5 Å². The van der Waals surface area contributed by atoms with Crippen LogP contribution in [-0.2, 0) is 10.0 Å². The third kappa shape index (κ3) is 3.91. The van der Waals surface area contributed by atoms with Crippen LogP contribution in [0.5, 0.6) is 0 Å². The second-order valence-corrected chi connectivity index (χ2v) is 7.73. The lowest BCUT2D eigenvalue weighted by atomic mass is 10.0. The van der Waals surface area contributed by atoms with E-state index in [4.69, 9.17) is 0 Å². The summed E-state index contributed by atoms with van der Waals surface area (Å²) in [7, 11) is -4.13. The maximum Gasteiger partial charge on any atom is 0.273 e. The van der Waals surface area contributed by atoms with Gasteiger partial charge in [0.15, 0.2) is 5.78 Å². The standard InChI is InChI=1S/C20H16N2O5S/c1-14-11-12-16(13-19(14)22(24)25)28(26,27)21-18-10-6-5-9-17(18)20(23)15-7-3-2-4-8-15/h2-13,21H,1H3. The van der Waals surface area contributed by atoms with Crippen LogP contribution in [0.3, 0.4) is 0 Å². The molecule has 0 fully saturated rings. The van der Waals surface area contributed by atoms with Crippen molar-refractivity contribution < 1.29 is 18.1 Å². The summed E-state index contributed by atoms with van der Waals surface area (Å²) in [5.41, 5.74) is 0.749. The largest absolute Gasteiger partial charge is 0.289 e. The quantitative estimate of drug-likeness (QED) is 0.386. The number of hydrogen-bond donors (Lipinski definition) is 1. The van der Waals surface area contributed by atoms with Crippen LogP contribution in [0.25, 0.3) is 0 Å². The van der Waals surface area contributed by atoms with Gasteiger partial charge in [-0.25, -0.2) is 8.42 Å². The molecule has 8 heteroatoms. The minimum absolute atomic E-state index is 0.0968. The highest BCUT2D eigenvalue weighted by Gasteiger charge is 2.22. The number of nitro benzene ring substituents is 1. The molecule has 0 radical (unpaired) electrons. The first-order valence-corrected chi connectivity index (χ1v) is 9.74. The Bertz CT molecular complexity index is 1160. The first-order valence-electron chi connectivity index (χ1n) is 8.26. The molecule has 0 aromatic heterocycles. The Balaban J connectivity index is 1.99. The monoisotopic (exact) mass is 396 g/mol. The van der Waals surface area contributed by atoms with Crippen LogP contribution in [0.1, 0.15) is 21.5 Å². The van der Waals surface area contributed by atoms with Gasteiger partial charge in [-0.15, -0.1) is 0 Å². The zero-order chi connectivity index (χ0) is 20.3. The first kappa shape index (κ1) is 19.2. The predicted octanol–water partition coefficient (Wildman–Crippen LogP) is 3.94. The summed E-state index contributed by atoms with van der Waals surface area (Å²) in [6.07, 6.45) is 0. The van der Waals surface area contributed by atoms with Crippen molar-refractivity contribution in [3.63, 3.8) is 0 Å². The molecule has 0 amide bonds. The molecule has 0 aliphatic carbocycles. The molecule has 0 aliphatic heterocycles. The molecule has 0 saturated heterocycles. The van der Waals surface area contributed by atoms with Gasteiger partial charge in [-0.05, 0) is 25.1 Å². The minimum atomic E-state index is -4.13. The van der Waals surface area contributed by atoms with E-state index in [1.807, 2.05) is 0 Å². The smallest absolute Gasteiger partial charge is 0.273 e. The van der Waals surface area contributed by atoms with Gasteiger partial charge < -0.3 is 0 Å². The lowest BCUT2D eigenvalue weighted by molar-refractivity contribution is -0.385. The van der Waals surface area contributed by atoms with Gasteiger partial charge in [-0.3, -0.25) is 19.6 Å². The zero-order valence-corrected chi connectivity index (χ0v) is 15.6. The van der Waals surface area contributed by atoms with E-state index in [9.17, 15) is 23.3 Å². The highest BCUT2D eigenvalue weighted by molar-refractivity contribution is 7.92. The summed E-state index contributed by atoms with van der Waals surface area (Å²) in [5.74, 6) is -0.339. The number of anilines is 1. The predicted molar refractivity (Wildman–Crippen MR) is 105 cm³/mol. The molecule has 0 saturated carbocycles. The molecular formula is C20H16N2O5S. The SMILES string of the molecule is Cc1ccc(S(=O)(=O)Nc2ccccc2C(=O)c2ccccc2)cc1[N+](=O)[O-]. The van der Waals surface area contributed by atoms with E-state index >= 15 is 0 Å². The summed E-state index contributed by atoms with van der Waals surface area (Å²) in [6, 6.07) is 18.3. The Labute approximate surface area is 161 Å². The number of benzene rings is 3. The van der Waals surface area contributed by atoms with Gasteiger partial charge in [-0.2, -0.15) is 0 Å². The maximum atomic E-state index is 12.8. The van der Waals surface area contributed by atoms with Gasteiger partial charge in [-0.1, -0.05) is 48.5 Å². The Kier molecular flexibility index (Phi) is 5.23. The molecule has 0 heterocycles. The van der Waals surface area contributed by atoms with Crippen LogP contribution in [0.2, 0.25) is 0 Å². The van der Waals surface area contributed by atoms with Crippen molar-refractivity contribution in [2.24, 2.45) is 0 Å². The van der Waals surface area contributed by atoms with E-state index in [-0.39, 0.29) is 27.6 Å². The average molecular weight is 396 g/mol. The third-order valence-electron chi connectivity index (χ3n) is 4.14. The van der Waals surface area contributed by atoms with Crippen LogP contribution in [0, 0.1) is 17.0 Å². The van der Waals surface area contributed by atoms with Gasteiger partial charge in [0.05, 0.1) is 15.5 Å².